The summed E-state index contributed by atoms with van der Waals surface area (Å²) in [7, 11) is 1.66. The number of methoxy groups -OCH3 is 1. The van der Waals surface area contributed by atoms with Gasteiger partial charge in [-0.3, -0.25) is 0 Å². The predicted molar refractivity (Wildman–Crippen MR) is 60.7 cm³/mol. The van der Waals surface area contributed by atoms with Crippen molar-refractivity contribution in [2.75, 3.05) is 13.7 Å². The van der Waals surface area contributed by atoms with Gasteiger partial charge in [0.2, 0.25) is 0 Å². The molecule has 0 radical (unpaired) electrons. The highest BCUT2D eigenvalue weighted by molar-refractivity contribution is 9.10. The monoisotopic (exact) mass is 258 g/mol. The van der Waals surface area contributed by atoms with E-state index in [0.29, 0.717) is 0 Å². The van der Waals surface area contributed by atoms with Crippen molar-refractivity contribution in [3.05, 3.63) is 28.2 Å². The molecule has 0 heterocycles. The summed E-state index contributed by atoms with van der Waals surface area (Å²) in [4.78, 5) is 0. The van der Waals surface area contributed by atoms with Gasteiger partial charge in [-0.1, -0.05) is 6.07 Å². The maximum Gasteiger partial charge on any atom is 0.133 e. The van der Waals surface area contributed by atoms with Gasteiger partial charge >= 0.3 is 0 Å². The Hall–Kier alpha value is -0.540. The van der Waals surface area contributed by atoms with Crippen LogP contribution in [-0.4, -0.2) is 18.8 Å². The van der Waals surface area contributed by atoms with Gasteiger partial charge in [0.1, 0.15) is 5.75 Å². The van der Waals surface area contributed by atoms with Crippen molar-refractivity contribution in [3.8, 4) is 5.75 Å². The maximum atomic E-state index is 8.65. The SMILES string of the molecule is COc1ccc(CCCCO)cc1Br. The first-order valence-corrected chi connectivity index (χ1v) is 5.50. The smallest absolute Gasteiger partial charge is 0.133 e. The van der Waals surface area contributed by atoms with E-state index in [1.54, 1.807) is 7.11 Å². The second-order valence-electron chi connectivity index (χ2n) is 3.15. The summed E-state index contributed by atoms with van der Waals surface area (Å²) in [6, 6.07) is 6.08. The number of rotatable bonds is 5. The zero-order chi connectivity index (χ0) is 10.4. The van der Waals surface area contributed by atoms with Gasteiger partial charge in [-0.25, -0.2) is 0 Å². The summed E-state index contributed by atoms with van der Waals surface area (Å²) in [5.74, 6) is 0.857. The van der Waals surface area contributed by atoms with Crippen molar-refractivity contribution in [2.24, 2.45) is 0 Å². The van der Waals surface area contributed by atoms with Crippen LogP contribution in [0, 0.1) is 0 Å². The van der Waals surface area contributed by atoms with E-state index >= 15 is 0 Å². The Morgan fingerprint density at radius 2 is 2.14 bits per heavy atom. The van der Waals surface area contributed by atoms with Crippen LogP contribution in [0.1, 0.15) is 18.4 Å². The van der Waals surface area contributed by atoms with Gasteiger partial charge in [0.05, 0.1) is 11.6 Å². The van der Waals surface area contributed by atoms with Crippen molar-refractivity contribution >= 4 is 15.9 Å². The van der Waals surface area contributed by atoms with E-state index in [9.17, 15) is 0 Å². The van der Waals surface area contributed by atoms with Crippen LogP contribution in [0.15, 0.2) is 22.7 Å². The molecule has 1 aromatic rings. The number of halogens is 1. The van der Waals surface area contributed by atoms with Gasteiger partial charge in [-0.05, 0) is 52.9 Å². The van der Waals surface area contributed by atoms with E-state index < -0.39 is 0 Å². The quantitative estimate of drug-likeness (QED) is 0.824. The van der Waals surface area contributed by atoms with E-state index in [4.69, 9.17) is 9.84 Å². The molecule has 0 spiro atoms. The Kier molecular flexibility index (Phi) is 4.98. The normalized spacial score (nSPS) is 10.2. The first kappa shape index (κ1) is 11.5. The summed E-state index contributed by atoms with van der Waals surface area (Å²) < 4.78 is 6.13. The highest BCUT2D eigenvalue weighted by Gasteiger charge is 2.00. The van der Waals surface area contributed by atoms with Crippen LogP contribution in [0.3, 0.4) is 0 Å². The molecule has 1 N–H and O–H groups in total. The van der Waals surface area contributed by atoms with Crippen LogP contribution in [0.5, 0.6) is 5.75 Å². The van der Waals surface area contributed by atoms with Crippen LogP contribution in [0.25, 0.3) is 0 Å². The first-order chi connectivity index (χ1) is 6.77. The molecular formula is C11H15BrO2. The molecule has 0 aliphatic rings. The third kappa shape index (κ3) is 3.31. The molecule has 0 amide bonds. The third-order valence-electron chi connectivity index (χ3n) is 2.09. The van der Waals surface area contributed by atoms with Gasteiger partial charge in [-0.2, -0.15) is 0 Å². The molecule has 0 unspecified atom stereocenters. The third-order valence-corrected chi connectivity index (χ3v) is 2.71. The zero-order valence-corrected chi connectivity index (χ0v) is 9.88. The second kappa shape index (κ2) is 6.04. The first-order valence-electron chi connectivity index (χ1n) is 4.71. The second-order valence-corrected chi connectivity index (χ2v) is 4.00. The Morgan fingerprint density at radius 1 is 1.36 bits per heavy atom. The standard InChI is InChI=1S/C11H15BrO2/c1-14-11-6-5-9(8-10(11)12)4-2-3-7-13/h5-6,8,13H,2-4,7H2,1H3. The van der Waals surface area contributed by atoms with Crippen molar-refractivity contribution in [1.82, 2.24) is 0 Å². The number of unbranched alkanes of at least 4 members (excludes halogenated alkanes) is 1. The minimum absolute atomic E-state index is 0.275. The number of hydrogen-bond acceptors (Lipinski definition) is 2. The van der Waals surface area contributed by atoms with Crippen molar-refractivity contribution < 1.29 is 9.84 Å². The van der Waals surface area contributed by atoms with Crippen LogP contribution < -0.4 is 4.74 Å². The molecule has 0 aliphatic carbocycles. The number of ether oxygens (including phenoxy) is 1. The summed E-state index contributed by atoms with van der Waals surface area (Å²) in [6.45, 7) is 0.275. The van der Waals surface area contributed by atoms with E-state index in [-0.39, 0.29) is 6.61 Å². The molecule has 0 fully saturated rings. The molecule has 0 saturated heterocycles. The molecule has 0 bridgehead atoms. The predicted octanol–water partition coefficient (Wildman–Crippen LogP) is 2.77. The summed E-state index contributed by atoms with van der Waals surface area (Å²) in [5.41, 5.74) is 1.27. The van der Waals surface area contributed by atoms with Crippen LogP contribution in [0.2, 0.25) is 0 Å². The van der Waals surface area contributed by atoms with Gasteiger partial charge in [0.15, 0.2) is 0 Å². The fourth-order valence-corrected chi connectivity index (χ4v) is 1.89. The van der Waals surface area contributed by atoms with E-state index in [2.05, 4.69) is 28.1 Å². The molecule has 2 nitrogen and oxygen atoms in total. The molecule has 0 atom stereocenters. The molecule has 1 rings (SSSR count). The largest absolute Gasteiger partial charge is 0.496 e. The van der Waals surface area contributed by atoms with Crippen LogP contribution in [-0.2, 0) is 6.42 Å². The average Bonchev–Trinajstić information content (AvgIpc) is 2.18. The maximum absolute atomic E-state index is 8.65. The lowest BCUT2D eigenvalue weighted by molar-refractivity contribution is 0.284. The van der Waals surface area contributed by atoms with Gasteiger partial charge in [0, 0.05) is 6.61 Å². The number of aliphatic hydroxyl groups excluding tert-OH is 1. The van der Waals surface area contributed by atoms with E-state index in [1.165, 1.54) is 5.56 Å². The van der Waals surface area contributed by atoms with Crippen molar-refractivity contribution in [3.63, 3.8) is 0 Å². The Bertz CT molecular complexity index is 287. The number of hydrogen-bond donors (Lipinski definition) is 1. The Balaban J connectivity index is 2.57. The molecule has 78 valence electrons. The number of aliphatic hydroxyl groups is 1. The average molecular weight is 259 g/mol. The van der Waals surface area contributed by atoms with E-state index in [0.717, 1.165) is 29.5 Å². The summed E-state index contributed by atoms with van der Waals surface area (Å²) in [6.07, 6.45) is 2.89. The Morgan fingerprint density at radius 3 is 2.71 bits per heavy atom. The van der Waals surface area contributed by atoms with Gasteiger partial charge in [-0.15, -0.1) is 0 Å². The number of aryl methyl sites for hydroxylation is 1. The van der Waals surface area contributed by atoms with Crippen molar-refractivity contribution in [1.29, 1.82) is 0 Å². The minimum atomic E-state index is 0.275. The molecule has 14 heavy (non-hydrogen) atoms. The van der Waals surface area contributed by atoms with Gasteiger partial charge in [0.25, 0.3) is 0 Å². The molecule has 0 saturated carbocycles. The topological polar surface area (TPSA) is 29.5 Å². The van der Waals surface area contributed by atoms with E-state index in [1.807, 2.05) is 6.07 Å². The highest BCUT2D eigenvalue weighted by Crippen LogP contribution is 2.25. The minimum Gasteiger partial charge on any atom is -0.496 e. The molecule has 0 aliphatic heterocycles. The summed E-state index contributed by atoms with van der Waals surface area (Å²) in [5, 5.41) is 8.65. The highest BCUT2D eigenvalue weighted by atomic mass is 79.9. The lowest BCUT2D eigenvalue weighted by Crippen LogP contribution is -1.90. The lowest BCUT2D eigenvalue weighted by Gasteiger charge is -2.05. The molecule has 3 heteroatoms. The zero-order valence-electron chi connectivity index (χ0n) is 8.29. The summed E-state index contributed by atoms with van der Waals surface area (Å²) >= 11 is 3.44. The Labute approximate surface area is 93.0 Å². The fourth-order valence-electron chi connectivity index (χ4n) is 1.31. The van der Waals surface area contributed by atoms with Crippen LogP contribution >= 0.6 is 15.9 Å². The van der Waals surface area contributed by atoms with Crippen molar-refractivity contribution in [2.45, 2.75) is 19.3 Å². The van der Waals surface area contributed by atoms with Gasteiger partial charge < -0.3 is 9.84 Å². The molecule has 0 aromatic heterocycles. The molecular weight excluding hydrogens is 244 g/mol. The van der Waals surface area contributed by atoms with Crippen LogP contribution in [0.4, 0.5) is 0 Å². The number of benzene rings is 1. The lowest BCUT2D eigenvalue weighted by atomic mass is 10.1. The molecule has 1 aromatic carbocycles. The fraction of sp³-hybridized carbons (Fsp3) is 0.455.